The second kappa shape index (κ2) is 4.02. The van der Waals surface area contributed by atoms with Crippen molar-refractivity contribution >= 4 is 11.1 Å². The Labute approximate surface area is 103 Å². The molecule has 2 aromatic rings. The van der Waals surface area contributed by atoms with E-state index in [9.17, 15) is 8.78 Å². The van der Waals surface area contributed by atoms with Gasteiger partial charge in [-0.3, -0.25) is 0 Å². The molecule has 1 aromatic carbocycles. The van der Waals surface area contributed by atoms with Gasteiger partial charge >= 0.3 is 0 Å². The van der Waals surface area contributed by atoms with Crippen molar-refractivity contribution in [3.63, 3.8) is 0 Å². The van der Waals surface area contributed by atoms with Gasteiger partial charge in [-0.1, -0.05) is 0 Å². The van der Waals surface area contributed by atoms with E-state index in [4.69, 9.17) is 4.42 Å². The minimum absolute atomic E-state index is 0.0250. The number of nitrogens with zero attached hydrogens (tertiary/aromatic N) is 1. The molecule has 1 unspecified atom stereocenters. The fourth-order valence-corrected chi connectivity index (χ4v) is 2.45. The summed E-state index contributed by atoms with van der Waals surface area (Å²) in [4.78, 5) is 4.10. The summed E-state index contributed by atoms with van der Waals surface area (Å²) >= 11 is 0. The maximum Gasteiger partial charge on any atom is 0.277 e. The smallest absolute Gasteiger partial charge is 0.277 e. The highest BCUT2D eigenvalue weighted by Crippen LogP contribution is 2.39. The van der Waals surface area contributed by atoms with Crippen LogP contribution >= 0.6 is 0 Å². The lowest BCUT2D eigenvalue weighted by atomic mass is 9.93. The molecule has 1 aromatic heterocycles. The number of aromatic nitrogens is 1. The number of hydrogen-bond donors (Lipinski definition) is 1. The standard InChI is InChI=1S/C13H14F2N2O/c1-8-17-11-6-9(2-3-12(11)18-8)13(14,15)10-4-5-16-7-10/h2-3,6,10,16H,4-5,7H2,1H3. The molecule has 0 spiro atoms. The molecule has 1 fully saturated rings. The third-order valence-corrected chi connectivity index (χ3v) is 3.45. The number of oxazole rings is 1. The average Bonchev–Trinajstić information content (AvgIpc) is 2.95. The lowest BCUT2D eigenvalue weighted by Crippen LogP contribution is -2.27. The Morgan fingerprint density at radius 2 is 2.28 bits per heavy atom. The van der Waals surface area contributed by atoms with Crippen molar-refractivity contribution in [2.45, 2.75) is 19.3 Å². The normalized spacial score (nSPS) is 20.7. The number of halogens is 2. The van der Waals surface area contributed by atoms with E-state index in [0.29, 0.717) is 36.5 Å². The molecule has 0 radical (unpaired) electrons. The molecule has 1 aliphatic rings. The number of aryl methyl sites for hydroxylation is 1. The number of alkyl halides is 2. The van der Waals surface area contributed by atoms with Gasteiger partial charge in [-0.2, -0.15) is 0 Å². The van der Waals surface area contributed by atoms with E-state index in [1.165, 1.54) is 12.1 Å². The summed E-state index contributed by atoms with van der Waals surface area (Å²) in [5, 5.41) is 2.98. The Bertz CT molecular complexity index is 573. The molecule has 18 heavy (non-hydrogen) atoms. The van der Waals surface area contributed by atoms with Crippen LogP contribution in [-0.4, -0.2) is 18.1 Å². The molecule has 1 N–H and O–H groups in total. The lowest BCUT2D eigenvalue weighted by molar-refractivity contribution is -0.0574. The van der Waals surface area contributed by atoms with Crippen LogP contribution in [0.5, 0.6) is 0 Å². The molecule has 3 nitrogen and oxygen atoms in total. The number of fused-ring (bicyclic) bond motifs is 1. The van der Waals surface area contributed by atoms with Gasteiger partial charge < -0.3 is 9.73 Å². The first-order chi connectivity index (χ1) is 8.57. The largest absolute Gasteiger partial charge is 0.441 e. The number of rotatable bonds is 2. The summed E-state index contributed by atoms with van der Waals surface area (Å²) in [7, 11) is 0. The Kier molecular flexibility index (Phi) is 2.59. The zero-order valence-electron chi connectivity index (χ0n) is 10.0. The SMILES string of the molecule is Cc1nc2cc(C(F)(F)C3CCNC3)ccc2o1. The van der Waals surface area contributed by atoms with E-state index in [-0.39, 0.29) is 5.56 Å². The zero-order valence-corrected chi connectivity index (χ0v) is 10.0. The Balaban J connectivity index is 2.01. The molecule has 3 rings (SSSR count). The van der Waals surface area contributed by atoms with Crippen molar-refractivity contribution in [1.82, 2.24) is 10.3 Å². The summed E-state index contributed by atoms with van der Waals surface area (Å²) in [6.07, 6.45) is 0.503. The van der Waals surface area contributed by atoms with Crippen molar-refractivity contribution in [3.05, 3.63) is 29.7 Å². The third kappa shape index (κ3) is 1.79. The molecule has 1 atom stereocenters. The molecule has 2 heterocycles. The zero-order chi connectivity index (χ0) is 12.8. The predicted molar refractivity (Wildman–Crippen MR) is 63.6 cm³/mol. The van der Waals surface area contributed by atoms with Crippen LogP contribution < -0.4 is 5.32 Å². The molecule has 1 aliphatic heterocycles. The van der Waals surface area contributed by atoms with Gasteiger partial charge in [-0.05, 0) is 31.2 Å². The predicted octanol–water partition coefficient (Wildman–Crippen LogP) is 2.84. The monoisotopic (exact) mass is 252 g/mol. The van der Waals surface area contributed by atoms with Gasteiger partial charge in [0.2, 0.25) is 0 Å². The van der Waals surface area contributed by atoms with Crippen molar-refractivity contribution in [3.8, 4) is 0 Å². The average molecular weight is 252 g/mol. The highest BCUT2D eigenvalue weighted by Gasteiger charge is 2.42. The lowest BCUT2D eigenvalue weighted by Gasteiger charge is -2.22. The van der Waals surface area contributed by atoms with Crippen LogP contribution in [0, 0.1) is 12.8 Å². The van der Waals surface area contributed by atoms with Crippen LogP contribution in [0.3, 0.4) is 0 Å². The summed E-state index contributed by atoms with van der Waals surface area (Å²) < 4.78 is 33.9. The van der Waals surface area contributed by atoms with E-state index in [0.717, 1.165) is 0 Å². The van der Waals surface area contributed by atoms with E-state index < -0.39 is 11.8 Å². The molecule has 96 valence electrons. The molecule has 0 bridgehead atoms. The van der Waals surface area contributed by atoms with E-state index in [2.05, 4.69) is 10.3 Å². The van der Waals surface area contributed by atoms with Gasteiger partial charge in [0.05, 0.1) is 0 Å². The van der Waals surface area contributed by atoms with Crippen LogP contribution in [0.1, 0.15) is 17.9 Å². The molecule has 0 amide bonds. The summed E-state index contributed by atoms with van der Waals surface area (Å²) in [5.74, 6) is -2.96. The van der Waals surface area contributed by atoms with Crippen molar-refractivity contribution in [2.24, 2.45) is 5.92 Å². The Morgan fingerprint density at radius 1 is 1.44 bits per heavy atom. The van der Waals surface area contributed by atoms with Crippen LogP contribution in [0.15, 0.2) is 22.6 Å². The van der Waals surface area contributed by atoms with Gasteiger partial charge in [0.1, 0.15) is 5.52 Å². The Hall–Kier alpha value is -1.49. The first kappa shape index (κ1) is 11.6. The Morgan fingerprint density at radius 3 is 3.00 bits per heavy atom. The second-order valence-corrected chi connectivity index (χ2v) is 4.73. The fraction of sp³-hybridized carbons (Fsp3) is 0.462. The molecule has 0 saturated carbocycles. The van der Waals surface area contributed by atoms with E-state index in [1.54, 1.807) is 13.0 Å². The molecule has 0 aliphatic carbocycles. The summed E-state index contributed by atoms with van der Waals surface area (Å²) in [6.45, 7) is 2.73. The summed E-state index contributed by atoms with van der Waals surface area (Å²) in [5.41, 5.74) is 1.07. The van der Waals surface area contributed by atoms with Gasteiger partial charge in [0.15, 0.2) is 11.5 Å². The first-order valence-electron chi connectivity index (χ1n) is 6.03. The van der Waals surface area contributed by atoms with Crippen molar-refractivity contribution < 1.29 is 13.2 Å². The number of nitrogens with one attached hydrogen (secondary N) is 1. The number of hydrogen-bond acceptors (Lipinski definition) is 3. The van der Waals surface area contributed by atoms with Gasteiger partial charge in [-0.15, -0.1) is 0 Å². The topological polar surface area (TPSA) is 38.1 Å². The van der Waals surface area contributed by atoms with Gasteiger partial charge in [-0.25, -0.2) is 13.8 Å². The quantitative estimate of drug-likeness (QED) is 0.893. The maximum atomic E-state index is 14.3. The van der Waals surface area contributed by atoms with Gasteiger partial charge in [0.25, 0.3) is 5.92 Å². The van der Waals surface area contributed by atoms with Crippen LogP contribution in [0.4, 0.5) is 8.78 Å². The van der Waals surface area contributed by atoms with E-state index >= 15 is 0 Å². The highest BCUT2D eigenvalue weighted by molar-refractivity contribution is 5.73. The van der Waals surface area contributed by atoms with Crippen molar-refractivity contribution in [2.75, 3.05) is 13.1 Å². The van der Waals surface area contributed by atoms with Crippen molar-refractivity contribution in [1.29, 1.82) is 0 Å². The van der Waals surface area contributed by atoms with Crippen LogP contribution in [0.2, 0.25) is 0 Å². The minimum atomic E-state index is -2.81. The highest BCUT2D eigenvalue weighted by atomic mass is 19.3. The fourth-order valence-electron chi connectivity index (χ4n) is 2.45. The molecule has 1 saturated heterocycles. The molecule has 5 heteroatoms. The molecular weight excluding hydrogens is 238 g/mol. The minimum Gasteiger partial charge on any atom is -0.441 e. The summed E-state index contributed by atoms with van der Waals surface area (Å²) in [6, 6.07) is 4.44. The van der Waals surface area contributed by atoms with Crippen LogP contribution in [0.25, 0.3) is 11.1 Å². The third-order valence-electron chi connectivity index (χ3n) is 3.45. The number of benzene rings is 1. The first-order valence-corrected chi connectivity index (χ1v) is 6.03. The second-order valence-electron chi connectivity index (χ2n) is 4.73. The molecular formula is C13H14F2N2O. The maximum absolute atomic E-state index is 14.3. The van der Waals surface area contributed by atoms with E-state index in [1.807, 2.05) is 0 Å². The van der Waals surface area contributed by atoms with Crippen LogP contribution in [-0.2, 0) is 5.92 Å². The van der Waals surface area contributed by atoms with Gasteiger partial charge in [0, 0.05) is 24.9 Å².